The van der Waals surface area contributed by atoms with E-state index in [0.717, 1.165) is 0 Å². The zero-order valence-corrected chi connectivity index (χ0v) is 9.67. The van der Waals surface area contributed by atoms with Gasteiger partial charge in [0.05, 0.1) is 0 Å². The van der Waals surface area contributed by atoms with E-state index in [4.69, 9.17) is 54.3 Å². The van der Waals surface area contributed by atoms with Crippen LogP contribution < -0.4 is 6.15 Å². The fraction of sp³-hybridized carbons (Fsp3) is 0. The summed E-state index contributed by atoms with van der Waals surface area (Å²) < 4.78 is 72.0. The maximum Gasteiger partial charge on any atom is 0.466 e. The molecule has 0 fully saturated rings. The van der Waals surface area contributed by atoms with Crippen molar-refractivity contribution < 1.29 is 54.3 Å². The molecule has 16 heavy (non-hydrogen) atoms. The van der Waals surface area contributed by atoms with E-state index >= 15 is 0 Å². The van der Waals surface area contributed by atoms with E-state index in [1.165, 1.54) is 0 Å². The molecular formula is H10NO12PS2. The zero-order chi connectivity index (χ0) is 13.5. The van der Waals surface area contributed by atoms with Crippen molar-refractivity contribution >= 4 is 28.6 Å². The molecule has 16 heteroatoms. The Morgan fingerprint density at radius 1 is 0.688 bits per heavy atom. The molecule has 0 atom stereocenters. The summed E-state index contributed by atoms with van der Waals surface area (Å²) in [5.74, 6) is 0. The quantitative estimate of drug-likeness (QED) is 0.176. The van der Waals surface area contributed by atoms with E-state index in [1.54, 1.807) is 0 Å². The second-order valence-corrected chi connectivity index (χ2v) is 4.23. The highest BCUT2D eigenvalue weighted by atomic mass is 32.3. The van der Waals surface area contributed by atoms with Crippen molar-refractivity contribution in [3.8, 4) is 0 Å². The first kappa shape index (κ1) is 24.9. The molecule has 0 spiro atoms. The molecule has 0 unspecified atom stereocenters. The summed E-state index contributed by atoms with van der Waals surface area (Å²) >= 11 is 0. The fourth-order valence-electron chi connectivity index (χ4n) is 0. The van der Waals surface area contributed by atoms with Crippen LogP contribution in [0.3, 0.4) is 0 Å². The molecule has 0 saturated carbocycles. The van der Waals surface area contributed by atoms with Gasteiger partial charge in [-0.05, 0) is 0 Å². The van der Waals surface area contributed by atoms with Crippen molar-refractivity contribution in [3.63, 3.8) is 0 Å². The minimum atomic E-state index is -4.67. The van der Waals surface area contributed by atoms with Crippen LogP contribution >= 0.6 is 7.82 Å². The molecule has 0 amide bonds. The van der Waals surface area contributed by atoms with E-state index in [9.17, 15) is 0 Å². The van der Waals surface area contributed by atoms with E-state index in [0.29, 0.717) is 0 Å². The summed E-state index contributed by atoms with van der Waals surface area (Å²) in [7, 11) is -14.0. The first-order chi connectivity index (χ1) is 6.00. The maximum atomic E-state index is 8.88. The van der Waals surface area contributed by atoms with Gasteiger partial charge in [-0.25, -0.2) is 4.57 Å². The van der Waals surface area contributed by atoms with Crippen LogP contribution in [0.4, 0.5) is 0 Å². The molecule has 0 aliphatic rings. The molecule has 0 aromatic rings. The third kappa shape index (κ3) is 62800. The highest BCUT2D eigenvalue weighted by Crippen LogP contribution is 2.25. The summed E-state index contributed by atoms with van der Waals surface area (Å²) in [5, 5.41) is 0. The van der Waals surface area contributed by atoms with Crippen molar-refractivity contribution in [2.24, 2.45) is 0 Å². The Morgan fingerprint density at radius 3 is 0.688 bits per heavy atom. The topological polar surface area (TPSA) is 262 Å². The summed E-state index contributed by atoms with van der Waals surface area (Å²) in [5.41, 5.74) is 0. The monoisotopic (exact) mass is 311 g/mol. The second kappa shape index (κ2) is 8.90. The lowest BCUT2D eigenvalue weighted by atomic mass is 14.0. The van der Waals surface area contributed by atoms with Crippen molar-refractivity contribution in [2.75, 3.05) is 0 Å². The lowest BCUT2D eigenvalue weighted by Crippen LogP contribution is -1.89. The normalized spacial score (nSPS) is 10.9. The third-order valence-electron chi connectivity index (χ3n) is 0. The number of hydrogen-bond donors (Lipinski definition) is 8. The van der Waals surface area contributed by atoms with Gasteiger partial charge in [0.1, 0.15) is 0 Å². The van der Waals surface area contributed by atoms with Crippen LogP contribution in [0.25, 0.3) is 0 Å². The van der Waals surface area contributed by atoms with E-state index in [1.807, 2.05) is 0 Å². The largest absolute Gasteiger partial charge is 0.466 e. The minimum absolute atomic E-state index is 0. The van der Waals surface area contributed by atoms with Gasteiger partial charge >= 0.3 is 28.6 Å². The molecule has 0 aromatic heterocycles. The minimum Gasteiger partial charge on any atom is -0.344 e. The number of rotatable bonds is 0. The third-order valence-corrected chi connectivity index (χ3v) is 0. The average Bonchev–Trinajstić information content (AvgIpc) is 1.41. The predicted molar refractivity (Wildman–Crippen MR) is 47.6 cm³/mol. The van der Waals surface area contributed by atoms with E-state index < -0.39 is 28.6 Å². The van der Waals surface area contributed by atoms with E-state index in [-0.39, 0.29) is 6.15 Å². The first-order valence-corrected chi connectivity index (χ1v) is 6.54. The van der Waals surface area contributed by atoms with Crippen LogP contribution in [0.5, 0.6) is 0 Å². The zero-order valence-electron chi connectivity index (χ0n) is 7.14. The van der Waals surface area contributed by atoms with Crippen LogP contribution in [0.1, 0.15) is 0 Å². The van der Waals surface area contributed by atoms with Crippen LogP contribution in [0, 0.1) is 0 Å². The smallest absolute Gasteiger partial charge is 0.344 e. The Labute approximate surface area is 89.7 Å². The van der Waals surface area contributed by atoms with E-state index in [2.05, 4.69) is 0 Å². The number of phosphoric acid groups is 1. The van der Waals surface area contributed by atoms with Gasteiger partial charge in [-0.15, -0.1) is 0 Å². The van der Waals surface area contributed by atoms with Gasteiger partial charge in [0.25, 0.3) is 0 Å². The highest BCUT2D eigenvalue weighted by Gasteiger charge is 2.00. The Bertz CT molecular complexity index is 326. The average molecular weight is 311 g/mol. The molecule has 0 heterocycles. The summed E-state index contributed by atoms with van der Waals surface area (Å²) in [6.45, 7) is 0. The molecular weight excluding hydrogens is 301 g/mol. The lowest BCUT2D eigenvalue weighted by Gasteiger charge is -1.82. The lowest BCUT2D eigenvalue weighted by molar-refractivity contribution is 0.275. The fourth-order valence-corrected chi connectivity index (χ4v) is 0. The van der Waals surface area contributed by atoms with Crippen molar-refractivity contribution in [2.45, 2.75) is 0 Å². The van der Waals surface area contributed by atoms with Gasteiger partial charge in [-0.3, -0.25) is 18.2 Å². The molecule has 0 saturated heterocycles. The van der Waals surface area contributed by atoms with Crippen LogP contribution in [-0.4, -0.2) is 49.7 Å². The number of hydrogen-bond acceptors (Lipinski definition) is 6. The molecule has 0 radical (unpaired) electrons. The van der Waals surface area contributed by atoms with Gasteiger partial charge in [0.2, 0.25) is 0 Å². The van der Waals surface area contributed by atoms with Gasteiger partial charge in [0.15, 0.2) is 0 Å². The standard InChI is InChI=1S/H3N.H3O4P.2H2O4S/c;3*1-5(2,3)4/h1H3;(H3,1,2,3,4);2*(H2,1,2,3,4). The Morgan fingerprint density at radius 2 is 0.688 bits per heavy atom. The first-order valence-electron chi connectivity index (χ1n) is 2.18. The van der Waals surface area contributed by atoms with Crippen molar-refractivity contribution in [1.29, 1.82) is 0 Å². The highest BCUT2D eigenvalue weighted by molar-refractivity contribution is 7.80. The summed E-state index contributed by atoms with van der Waals surface area (Å²) in [4.78, 5) is 21.6. The van der Waals surface area contributed by atoms with Gasteiger partial charge in [0, 0.05) is 0 Å². The molecule has 10 N–H and O–H groups in total. The molecule has 0 aliphatic carbocycles. The molecule has 0 aliphatic heterocycles. The molecule has 0 rings (SSSR count). The van der Waals surface area contributed by atoms with Crippen molar-refractivity contribution in [3.05, 3.63) is 0 Å². The van der Waals surface area contributed by atoms with Gasteiger partial charge < -0.3 is 20.8 Å². The van der Waals surface area contributed by atoms with Gasteiger partial charge in [-0.2, -0.15) is 16.8 Å². The summed E-state index contributed by atoms with van der Waals surface area (Å²) in [6.07, 6.45) is 0. The predicted octanol–water partition coefficient (Wildman–Crippen LogP) is -2.07. The molecule has 104 valence electrons. The molecule has 13 nitrogen and oxygen atoms in total. The Kier molecular flexibility index (Phi) is 13.8. The van der Waals surface area contributed by atoms with Crippen molar-refractivity contribution in [1.82, 2.24) is 6.15 Å². The van der Waals surface area contributed by atoms with Crippen LogP contribution in [-0.2, 0) is 25.4 Å². The van der Waals surface area contributed by atoms with Crippen LogP contribution in [0.2, 0.25) is 0 Å². The second-order valence-electron chi connectivity index (χ2n) is 1.41. The Balaban J connectivity index is -0.0000000655. The van der Waals surface area contributed by atoms with Gasteiger partial charge in [-0.1, -0.05) is 0 Å². The Hall–Kier alpha value is -0.190. The maximum absolute atomic E-state index is 8.88. The summed E-state index contributed by atoms with van der Waals surface area (Å²) in [6, 6.07) is 0. The van der Waals surface area contributed by atoms with Crippen LogP contribution in [0.15, 0.2) is 0 Å². The molecule has 0 bridgehead atoms. The molecule has 0 aromatic carbocycles. The SMILES string of the molecule is N.O=P(O)(O)O.O=S(=O)(O)O.O=S(=O)(O)O.